The summed E-state index contributed by atoms with van der Waals surface area (Å²) in [5.41, 5.74) is -0.681. The number of halogens is 2. The second-order valence-corrected chi connectivity index (χ2v) is 2.30. The molecule has 0 saturated carbocycles. The highest BCUT2D eigenvalue weighted by molar-refractivity contribution is 6.12. The van der Waals surface area contributed by atoms with E-state index in [-0.39, 0.29) is 0 Å². The van der Waals surface area contributed by atoms with Crippen LogP contribution in [-0.4, -0.2) is 32.7 Å². The molecule has 0 amide bonds. The Morgan fingerprint density at radius 1 is 1.36 bits per heavy atom. The maximum Gasteiger partial charge on any atom is 0.405 e. The summed E-state index contributed by atoms with van der Waals surface area (Å²) in [6, 6.07) is 0. The molecular weight excluding hydrogens is 198 g/mol. The molecule has 0 atom stereocenters. The Kier molecular flexibility index (Phi) is 2.50. The van der Waals surface area contributed by atoms with E-state index in [0.29, 0.717) is 0 Å². The number of carboxylic acid groups (broad SMARTS) is 1. The fraction of sp³-hybridized carbons (Fsp3) is 0.143. The van der Waals surface area contributed by atoms with Crippen molar-refractivity contribution in [2.75, 3.05) is 0 Å². The van der Waals surface area contributed by atoms with E-state index < -0.39 is 23.4 Å². The Bertz CT molecular complexity index is 366. The van der Waals surface area contributed by atoms with Gasteiger partial charge < -0.3 is 5.11 Å². The molecule has 0 aromatic carbocycles. The van der Waals surface area contributed by atoms with Gasteiger partial charge >= 0.3 is 11.9 Å². The summed E-state index contributed by atoms with van der Waals surface area (Å²) in [4.78, 5) is 27.5. The molecule has 1 aromatic rings. The summed E-state index contributed by atoms with van der Waals surface area (Å²) in [6.07, 6.45) is 2.97. The molecule has 7 heteroatoms. The number of ketones is 1. The first-order valence-corrected chi connectivity index (χ1v) is 3.38. The Morgan fingerprint density at radius 3 is 2.43 bits per heavy atom. The number of hydrogen-bond acceptors (Lipinski definition) is 4. The third-order valence-corrected chi connectivity index (χ3v) is 1.35. The SMILES string of the molecule is O=C(O)C(F)(F)C(=O)c1cnccn1. The molecule has 0 radical (unpaired) electrons. The fourth-order valence-corrected chi connectivity index (χ4v) is 0.674. The topological polar surface area (TPSA) is 80.1 Å². The van der Waals surface area contributed by atoms with E-state index in [9.17, 15) is 18.4 Å². The summed E-state index contributed by atoms with van der Waals surface area (Å²) in [5, 5.41) is 8.05. The van der Waals surface area contributed by atoms with Gasteiger partial charge in [-0.05, 0) is 0 Å². The Morgan fingerprint density at radius 2 is 2.00 bits per heavy atom. The molecule has 1 rings (SSSR count). The molecule has 0 aliphatic carbocycles. The average Bonchev–Trinajstić information content (AvgIpc) is 2.17. The van der Waals surface area contributed by atoms with E-state index in [1.165, 1.54) is 6.20 Å². The minimum Gasteiger partial charge on any atom is -0.476 e. The van der Waals surface area contributed by atoms with Gasteiger partial charge in [0.1, 0.15) is 5.69 Å². The van der Waals surface area contributed by atoms with Crippen LogP contribution in [-0.2, 0) is 4.79 Å². The van der Waals surface area contributed by atoms with Crippen LogP contribution in [0.25, 0.3) is 0 Å². The van der Waals surface area contributed by atoms with E-state index in [2.05, 4.69) is 9.97 Å². The number of aliphatic carboxylic acids is 1. The van der Waals surface area contributed by atoms with Crippen molar-refractivity contribution >= 4 is 11.8 Å². The van der Waals surface area contributed by atoms with Gasteiger partial charge in [-0.2, -0.15) is 8.78 Å². The minimum absolute atomic E-state index is 0.681. The first-order valence-electron chi connectivity index (χ1n) is 3.38. The van der Waals surface area contributed by atoms with E-state index in [0.717, 1.165) is 12.4 Å². The lowest BCUT2D eigenvalue weighted by molar-refractivity contribution is -0.157. The highest BCUT2D eigenvalue weighted by atomic mass is 19.3. The van der Waals surface area contributed by atoms with Crippen LogP contribution in [0.3, 0.4) is 0 Å². The predicted molar refractivity (Wildman–Crippen MR) is 38.9 cm³/mol. The van der Waals surface area contributed by atoms with Gasteiger partial charge in [0, 0.05) is 12.4 Å². The van der Waals surface area contributed by atoms with E-state index in [1.54, 1.807) is 0 Å². The number of carbonyl (C=O) groups excluding carboxylic acids is 1. The van der Waals surface area contributed by atoms with Crippen molar-refractivity contribution in [1.82, 2.24) is 9.97 Å². The number of rotatable bonds is 3. The number of Topliss-reactive ketones (excluding diaryl/α,β-unsaturated/α-hetero) is 1. The van der Waals surface area contributed by atoms with Gasteiger partial charge in [0.2, 0.25) is 0 Å². The Balaban J connectivity index is 3.03. The lowest BCUT2D eigenvalue weighted by Crippen LogP contribution is -2.38. The maximum atomic E-state index is 12.6. The van der Waals surface area contributed by atoms with E-state index in [1.807, 2.05) is 0 Å². The molecule has 0 bridgehead atoms. The first kappa shape index (κ1) is 10.2. The largest absolute Gasteiger partial charge is 0.476 e. The molecule has 0 aliphatic heterocycles. The molecule has 0 saturated heterocycles. The molecule has 0 aliphatic rings. The number of aromatic nitrogens is 2. The quantitative estimate of drug-likeness (QED) is 0.566. The zero-order chi connectivity index (χ0) is 10.8. The van der Waals surface area contributed by atoms with Crippen LogP contribution < -0.4 is 0 Å². The molecule has 0 spiro atoms. The van der Waals surface area contributed by atoms with Crippen LogP contribution in [0.4, 0.5) is 8.78 Å². The molecule has 14 heavy (non-hydrogen) atoms. The van der Waals surface area contributed by atoms with Crippen LogP contribution >= 0.6 is 0 Å². The second kappa shape index (κ2) is 3.44. The van der Waals surface area contributed by atoms with Crippen molar-refractivity contribution < 1.29 is 23.5 Å². The number of hydrogen-bond donors (Lipinski definition) is 1. The molecule has 5 nitrogen and oxygen atoms in total. The second-order valence-electron chi connectivity index (χ2n) is 2.30. The normalized spacial score (nSPS) is 11.0. The third-order valence-electron chi connectivity index (χ3n) is 1.35. The molecule has 0 unspecified atom stereocenters. The summed E-state index contributed by atoms with van der Waals surface area (Å²) in [5.74, 6) is -8.85. The third kappa shape index (κ3) is 1.70. The van der Waals surface area contributed by atoms with Crippen LogP contribution in [0.1, 0.15) is 10.5 Å². The van der Waals surface area contributed by atoms with Gasteiger partial charge in [0.15, 0.2) is 0 Å². The van der Waals surface area contributed by atoms with Crippen molar-refractivity contribution in [3.05, 3.63) is 24.3 Å². The lowest BCUT2D eigenvalue weighted by atomic mass is 10.1. The molecule has 1 N–H and O–H groups in total. The zero-order valence-corrected chi connectivity index (χ0v) is 6.65. The lowest BCUT2D eigenvalue weighted by Gasteiger charge is -2.07. The highest BCUT2D eigenvalue weighted by Crippen LogP contribution is 2.18. The zero-order valence-electron chi connectivity index (χ0n) is 6.65. The van der Waals surface area contributed by atoms with Crippen molar-refractivity contribution in [2.24, 2.45) is 0 Å². The smallest absolute Gasteiger partial charge is 0.405 e. The van der Waals surface area contributed by atoms with Crippen LogP contribution in [0.2, 0.25) is 0 Å². The van der Waals surface area contributed by atoms with Gasteiger partial charge in [-0.15, -0.1) is 0 Å². The number of carboxylic acids is 1. The van der Waals surface area contributed by atoms with Crippen molar-refractivity contribution in [1.29, 1.82) is 0 Å². The Hall–Kier alpha value is -1.92. The number of alkyl halides is 2. The maximum absolute atomic E-state index is 12.6. The van der Waals surface area contributed by atoms with Gasteiger partial charge in [-0.3, -0.25) is 9.78 Å². The van der Waals surface area contributed by atoms with Crippen LogP contribution in [0.5, 0.6) is 0 Å². The Labute approximate surface area is 76.4 Å². The summed E-state index contributed by atoms with van der Waals surface area (Å²) in [7, 11) is 0. The monoisotopic (exact) mass is 202 g/mol. The molecule has 1 heterocycles. The number of nitrogens with zero attached hydrogens (tertiary/aromatic N) is 2. The van der Waals surface area contributed by atoms with E-state index in [4.69, 9.17) is 5.11 Å². The van der Waals surface area contributed by atoms with Crippen molar-refractivity contribution in [3.63, 3.8) is 0 Å². The van der Waals surface area contributed by atoms with Gasteiger partial charge in [0.05, 0.1) is 6.20 Å². The van der Waals surface area contributed by atoms with Crippen LogP contribution in [0, 0.1) is 0 Å². The summed E-state index contributed by atoms with van der Waals surface area (Å²) in [6.45, 7) is 0. The van der Waals surface area contributed by atoms with Crippen LogP contribution in [0.15, 0.2) is 18.6 Å². The van der Waals surface area contributed by atoms with Crippen molar-refractivity contribution in [3.8, 4) is 0 Å². The summed E-state index contributed by atoms with van der Waals surface area (Å²) >= 11 is 0. The predicted octanol–water partition coefficient (Wildman–Crippen LogP) is 0.379. The highest BCUT2D eigenvalue weighted by Gasteiger charge is 2.48. The molecule has 74 valence electrons. The minimum atomic E-state index is -4.46. The van der Waals surface area contributed by atoms with E-state index >= 15 is 0 Å². The first-order chi connectivity index (χ1) is 6.46. The molecule has 0 fully saturated rings. The van der Waals surface area contributed by atoms with Gasteiger partial charge in [-0.1, -0.05) is 0 Å². The van der Waals surface area contributed by atoms with Gasteiger partial charge in [0.25, 0.3) is 5.78 Å². The fourth-order valence-electron chi connectivity index (χ4n) is 0.674. The molecular formula is C7H4F2N2O3. The summed E-state index contributed by atoms with van der Waals surface area (Å²) < 4.78 is 25.2. The van der Waals surface area contributed by atoms with Gasteiger partial charge in [-0.25, -0.2) is 9.78 Å². The molecule has 1 aromatic heterocycles. The van der Waals surface area contributed by atoms with Crippen molar-refractivity contribution in [2.45, 2.75) is 5.92 Å². The number of carbonyl (C=O) groups is 2. The standard InChI is InChI=1S/C7H4F2N2O3/c8-7(9,6(13)14)5(12)4-3-10-1-2-11-4/h1-3H,(H,13,14). The average molecular weight is 202 g/mol.